The SMILES string of the molecule is COc1ccc([N+](=O)[O-])cc1OCC(=O)Nc1c(C)cccc1C. The minimum Gasteiger partial charge on any atom is -0.493 e. The normalized spacial score (nSPS) is 10.1. The number of carbonyl (C=O) groups excluding carboxylic acids is 1. The number of ether oxygens (including phenoxy) is 2. The number of amides is 1. The molecule has 1 amide bonds. The van der Waals surface area contributed by atoms with Crippen molar-refractivity contribution in [2.75, 3.05) is 19.0 Å². The van der Waals surface area contributed by atoms with Gasteiger partial charge in [-0.2, -0.15) is 0 Å². The number of rotatable bonds is 6. The summed E-state index contributed by atoms with van der Waals surface area (Å²) in [5, 5.41) is 13.6. The fourth-order valence-corrected chi connectivity index (χ4v) is 2.22. The predicted octanol–water partition coefficient (Wildman–Crippen LogP) is 3.24. The molecule has 7 heteroatoms. The number of carbonyl (C=O) groups is 1. The van der Waals surface area contributed by atoms with Gasteiger partial charge in [0.05, 0.1) is 18.1 Å². The number of nitro groups is 1. The van der Waals surface area contributed by atoms with Gasteiger partial charge in [0.2, 0.25) is 0 Å². The third-order valence-corrected chi connectivity index (χ3v) is 3.46. The van der Waals surface area contributed by atoms with E-state index in [2.05, 4.69) is 5.32 Å². The molecule has 0 atom stereocenters. The van der Waals surface area contributed by atoms with Gasteiger partial charge in [-0.05, 0) is 31.0 Å². The van der Waals surface area contributed by atoms with Crippen molar-refractivity contribution in [3.05, 3.63) is 57.6 Å². The maximum Gasteiger partial charge on any atom is 0.273 e. The number of hydrogen-bond donors (Lipinski definition) is 1. The van der Waals surface area contributed by atoms with E-state index >= 15 is 0 Å². The van der Waals surface area contributed by atoms with Crippen LogP contribution in [0.1, 0.15) is 11.1 Å². The van der Waals surface area contributed by atoms with Crippen LogP contribution < -0.4 is 14.8 Å². The minimum absolute atomic E-state index is 0.138. The van der Waals surface area contributed by atoms with Crippen molar-refractivity contribution in [1.29, 1.82) is 0 Å². The highest BCUT2D eigenvalue weighted by Gasteiger charge is 2.14. The number of para-hydroxylation sites is 1. The molecule has 0 aromatic heterocycles. The Bertz CT molecular complexity index is 753. The van der Waals surface area contributed by atoms with Crippen LogP contribution in [0.5, 0.6) is 11.5 Å². The summed E-state index contributed by atoms with van der Waals surface area (Å²) in [5.74, 6) is 0.102. The van der Waals surface area contributed by atoms with Gasteiger partial charge in [-0.25, -0.2) is 0 Å². The molecule has 0 bridgehead atoms. The van der Waals surface area contributed by atoms with Gasteiger partial charge in [-0.3, -0.25) is 14.9 Å². The molecular formula is C17H18N2O5. The first-order chi connectivity index (χ1) is 11.4. The second-order valence-electron chi connectivity index (χ2n) is 5.20. The van der Waals surface area contributed by atoms with Gasteiger partial charge in [-0.15, -0.1) is 0 Å². The minimum atomic E-state index is -0.539. The summed E-state index contributed by atoms with van der Waals surface area (Å²) in [4.78, 5) is 22.4. The average molecular weight is 330 g/mol. The summed E-state index contributed by atoms with van der Waals surface area (Å²) >= 11 is 0. The number of non-ortho nitro benzene ring substituents is 1. The molecule has 0 aliphatic carbocycles. The lowest BCUT2D eigenvalue weighted by Gasteiger charge is -2.13. The number of nitro benzene ring substituents is 1. The average Bonchev–Trinajstić information content (AvgIpc) is 2.56. The van der Waals surface area contributed by atoms with Gasteiger partial charge in [0, 0.05) is 11.8 Å². The van der Waals surface area contributed by atoms with Gasteiger partial charge in [0.15, 0.2) is 18.1 Å². The Morgan fingerprint density at radius 3 is 2.42 bits per heavy atom. The highest BCUT2D eigenvalue weighted by Crippen LogP contribution is 2.31. The van der Waals surface area contributed by atoms with Crippen LogP contribution in [0.3, 0.4) is 0 Å². The molecule has 0 saturated carbocycles. The molecule has 0 spiro atoms. The van der Waals surface area contributed by atoms with Crippen LogP contribution in [0.4, 0.5) is 11.4 Å². The fraction of sp³-hybridized carbons (Fsp3) is 0.235. The Kier molecular flexibility index (Phi) is 5.36. The molecule has 2 aromatic carbocycles. The number of anilines is 1. The van der Waals surface area contributed by atoms with Crippen LogP contribution in [0.15, 0.2) is 36.4 Å². The molecule has 126 valence electrons. The molecule has 0 aliphatic heterocycles. The molecule has 0 saturated heterocycles. The standard InChI is InChI=1S/C17H18N2O5/c1-11-5-4-6-12(2)17(11)18-16(20)10-24-15-9-13(19(21)22)7-8-14(15)23-3/h4-9H,10H2,1-3H3,(H,18,20). The van der Waals surface area contributed by atoms with E-state index in [1.165, 1.54) is 25.3 Å². The zero-order chi connectivity index (χ0) is 17.7. The number of hydrogen-bond acceptors (Lipinski definition) is 5. The zero-order valence-electron chi connectivity index (χ0n) is 13.7. The number of nitrogens with zero attached hydrogens (tertiary/aromatic N) is 1. The van der Waals surface area contributed by atoms with E-state index in [0.29, 0.717) is 5.75 Å². The number of benzene rings is 2. The Morgan fingerprint density at radius 2 is 1.83 bits per heavy atom. The van der Waals surface area contributed by atoms with E-state index in [9.17, 15) is 14.9 Å². The van der Waals surface area contributed by atoms with Crippen LogP contribution in [0, 0.1) is 24.0 Å². The van der Waals surface area contributed by atoms with Crippen LogP contribution in [-0.4, -0.2) is 24.5 Å². The van der Waals surface area contributed by atoms with Crippen molar-refractivity contribution in [2.24, 2.45) is 0 Å². The number of aryl methyl sites for hydroxylation is 2. The summed E-state index contributed by atoms with van der Waals surface area (Å²) in [6.45, 7) is 3.51. The maximum atomic E-state index is 12.1. The third-order valence-electron chi connectivity index (χ3n) is 3.46. The largest absolute Gasteiger partial charge is 0.493 e. The molecular weight excluding hydrogens is 312 g/mol. The van der Waals surface area contributed by atoms with Crippen molar-refractivity contribution in [1.82, 2.24) is 0 Å². The van der Waals surface area contributed by atoms with Gasteiger partial charge in [-0.1, -0.05) is 18.2 Å². The van der Waals surface area contributed by atoms with Crippen LogP contribution in [-0.2, 0) is 4.79 Å². The molecule has 2 rings (SSSR count). The predicted molar refractivity (Wildman–Crippen MR) is 89.7 cm³/mol. The lowest BCUT2D eigenvalue weighted by atomic mass is 10.1. The first-order valence-corrected chi connectivity index (χ1v) is 7.23. The summed E-state index contributed by atoms with van der Waals surface area (Å²) in [6, 6.07) is 9.66. The van der Waals surface area contributed by atoms with Crippen molar-refractivity contribution in [3.63, 3.8) is 0 Å². The summed E-state index contributed by atoms with van der Waals surface area (Å²) in [6.07, 6.45) is 0. The highest BCUT2D eigenvalue weighted by molar-refractivity contribution is 5.93. The van der Waals surface area contributed by atoms with Crippen LogP contribution >= 0.6 is 0 Å². The molecule has 0 heterocycles. The van der Waals surface area contributed by atoms with E-state index in [1.54, 1.807) is 0 Å². The van der Waals surface area contributed by atoms with Crippen molar-refractivity contribution in [3.8, 4) is 11.5 Å². The van der Waals surface area contributed by atoms with Crippen molar-refractivity contribution < 1.29 is 19.2 Å². The van der Waals surface area contributed by atoms with Crippen LogP contribution in [0.2, 0.25) is 0 Å². The summed E-state index contributed by atoms with van der Waals surface area (Å²) < 4.78 is 10.5. The van der Waals surface area contributed by atoms with E-state index in [4.69, 9.17) is 9.47 Å². The zero-order valence-corrected chi connectivity index (χ0v) is 13.7. The first-order valence-electron chi connectivity index (χ1n) is 7.23. The van der Waals surface area contributed by atoms with E-state index in [-0.39, 0.29) is 24.0 Å². The Labute approximate surface area is 139 Å². The second-order valence-corrected chi connectivity index (χ2v) is 5.20. The molecule has 0 radical (unpaired) electrons. The van der Waals surface area contributed by atoms with E-state index in [1.807, 2.05) is 32.0 Å². The highest BCUT2D eigenvalue weighted by atomic mass is 16.6. The Balaban J connectivity index is 2.09. The van der Waals surface area contributed by atoms with Crippen molar-refractivity contribution in [2.45, 2.75) is 13.8 Å². The van der Waals surface area contributed by atoms with Gasteiger partial charge >= 0.3 is 0 Å². The van der Waals surface area contributed by atoms with Crippen molar-refractivity contribution >= 4 is 17.3 Å². The lowest BCUT2D eigenvalue weighted by Crippen LogP contribution is -2.21. The first kappa shape index (κ1) is 17.3. The number of nitrogens with one attached hydrogen (secondary N) is 1. The summed E-state index contributed by atoms with van der Waals surface area (Å²) in [7, 11) is 1.42. The number of methoxy groups -OCH3 is 1. The Morgan fingerprint density at radius 1 is 1.17 bits per heavy atom. The topological polar surface area (TPSA) is 90.7 Å². The monoisotopic (exact) mass is 330 g/mol. The molecule has 24 heavy (non-hydrogen) atoms. The molecule has 2 aromatic rings. The third kappa shape index (κ3) is 4.01. The van der Waals surface area contributed by atoms with Gasteiger partial charge in [0.1, 0.15) is 0 Å². The molecule has 1 N–H and O–H groups in total. The molecule has 0 unspecified atom stereocenters. The smallest absolute Gasteiger partial charge is 0.273 e. The lowest BCUT2D eigenvalue weighted by molar-refractivity contribution is -0.385. The van der Waals surface area contributed by atoms with Gasteiger partial charge < -0.3 is 14.8 Å². The fourth-order valence-electron chi connectivity index (χ4n) is 2.22. The molecule has 7 nitrogen and oxygen atoms in total. The Hall–Kier alpha value is -3.09. The maximum absolute atomic E-state index is 12.1. The van der Waals surface area contributed by atoms with Crippen LogP contribution in [0.25, 0.3) is 0 Å². The molecule has 0 fully saturated rings. The van der Waals surface area contributed by atoms with E-state index in [0.717, 1.165) is 16.8 Å². The second kappa shape index (κ2) is 7.45. The van der Waals surface area contributed by atoms with E-state index < -0.39 is 4.92 Å². The molecule has 0 aliphatic rings. The summed E-state index contributed by atoms with van der Waals surface area (Å²) in [5.41, 5.74) is 2.48. The quantitative estimate of drug-likeness (QED) is 0.648. The van der Waals surface area contributed by atoms with Gasteiger partial charge in [0.25, 0.3) is 11.6 Å².